The normalized spacial score (nSPS) is 18.9. The number of nitrogens with one attached hydrogen (secondary N) is 2. The number of aromatic hydroxyl groups is 2. The lowest BCUT2D eigenvalue weighted by Gasteiger charge is -2.31. The Kier molecular flexibility index (Phi) is 4.98. The van der Waals surface area contributed by atoms with E-state index >= 15 is 0 Å². The minimum atomic E-state index is -0.910. The lowest BCUT2D eigenvalue weighted by molar-refractivity contribution is -0.139. The van der Waals surface area contributed by atoms with Gasteiger partial charge < -0.3 is 20.3 Å². The predicted octanol–water partition coefficient (Wildman–Crippen LogP) is 4.51. The first kappa shape index (κ1) is 20.3. The number of fused-ring (bicyclic) bond motifs is 3. The summed E-state index contributed by atoms with van der Waals surface area (Å²) in [4.78, 5) is 15.3. The number of carboxylic acid groups (broad SMARTS) is 1. The molecule has 4 rings (SSSR count). The van der Waals surface area contributed by atoms with Gasteiger partial charge in [0.2, 0.25) is 0 Å². The van der Waals surface area contributed by atoms with Gasteiger partial charge in [0.25, 0.3) is 0 Å². The van der Waals surface area contributed by atoms with Crippen LogP contribution in [0.5, 0.6) is 11.5 Å². The smallest absolute Gasteiger partial charge is 0.321 e. The molecule has 158 valence electrons. The summed E-state index contributed by atoms with van der Waals surface area (Å²) < 4.78 is 0. The molecule has 5 N–H and O–H groups in total. The SMILES string of the molecule is CC(C)c1cc([C@@H]2N[C@H](C(=O)O)Cc3c2[nH]c2ccc(O)cc32)cc(C(C)C)c1O. The van der Waals surface area contributed by atoms with Crippen LogP contribution in [0, 0.1) is 0 Å². The summed E-state index contributed by atoms with van der Waals surface area (Å²) in [6, 6.07) is 7.95. The quantitative estimate of drug-likeness (QED) is 0.437. The number of aliphatic carboxylic acids is 1. The largest absolute Gasteiger partial charge is 0.508 e. The highest BCUT2D eigenvalue weighted by Crippen LogP contribution is 2.41. The van der Waals surface area contributed by atoms with Gasteiger partial charge in [0, 0.05) is 23.0 Å². The van der Waals surface area contributed by atoms with E-state index in [1.165, 1.54) is 0 Å². The Bertz CT molecular complexity index is 1100. The maximum absolute atomic E-state index is 11.9. The molecule has 0 saturated carbocycles. The molecular weight excluding hydrogens is 380 g/mol. The third-order valence-corrected chi connectivity index (χ3v) is 6.05. The third kappa shape index (κ3) is 3.31. The molecule has 0 spiro atoms. The van der Waals surface area contributed by atoms with E-state index in [-0.39, 0.29) is 23.6 Å². The van der Waals surface area contributed by atoms with Crippen molar-refractivity contribution in [3.8, 4) is 11.5 Å². The molecule has 0 amide bonds. The van der Waals surface area contributed by atoms with Crippen LogP contribution in [0.15, 0.2) is 30.3 Å². The molecule has 2 heterocycles. The van der Waals surface area contributed by atoms with Crippen LogP contribution >= 0.6 is 0 Å². The van der Waals surface area contributed by atoms with E-state index in [9.17, 15) is 20.1 Å². The van der Waals surface area contributed by atoms with Crippen LogP contribution in [-0.4, -0.2) is 32.3 Å². The Morgan fingerprint density at radius 1 is 1.03 bits per heavy atom. The second kappa shape index (κ2) is 7.36. The van der Waals surface area contributed by atoms with Gasteiger partial charge in [-0.05, 0) is 64.4 Å². The molecule has 0 fully saturated rings. The minimum Gasteiger partial charge on any atom is -0.508 e. The van der Waals surface area contributed by atoms with Gasteiger partial charge in [0.05, 0.1) is 6.04 Å². The van der Waals surface area contributed by atoms with Gasteiger partial charge in [0.1, 0.15) is 17.5 Å². The maximum atomic E-state index is 11.9. The van der Waals surface area contributed by atoms with Crippen LogP contribution in [0.25, 0.3) is 10.9 Å². The molecule has 6 nitrogen and oxygen atoms in total. The van der Waals surface area contributed by atoms with Crippen molar-refractivity contribution >= 4 is 16.9 Å². The number of hydrogen-bond donors (Lipinski definition) is 5. The van der Waals surface area contributed by atoms with Crippen molar-refractivity contribution in [3.05, 3.63) is 58.3 Å². The molecule has 2 atom stereocenters. The van der Waals surface area contributed by atoms with E-state index in [1.807, 2.05) is 45.9 Å². The highest BCUT2D eigenvalue weighted by Gasteiger charge is 2.34. The summed E-state index contributed by atoms with van der Waals surface area (Å²) in [6.07, 6.45) is 0.330. The number of rotatable bonds is 4. The molecular formula is C24H28N2O4. The van der Waals surface area contributed by atoms with Gasteiger partial charge in [-0.25, -0.2) is 0 Å². The number of phenolic OH excluding ortho intramolecular Hbond substituents is 2. The minimum absolute atomic E-state index is 0.125. The van der Waals surface area contributed by atoms with E-state index in [0.717, 1.165) is 38.9 Å². The first-order valence-electron chi connectivity index (χ1n) is 10.4. The van der Waals surface area contributed by atoms with Crippen LogP contribution in [0.2, 0.25) is 0 Å². The monoisotopic (exact) mass is 408 g/mol. The zero-order valence-electron chi connectivity index (χ0n) is 17.7. The number of H-pyrrole nitrogens is 1. The van der Waals surface area contributed by atoms with Crippen LogP contribution in [0.4, 0.5) is 0 Å². The number of carboxylic acids is 1. The highest BCUT2D eigenvalue weighted by atomic mass is 16.4. The van der Waals surface area contributed by atoms with Gasteiger partial charge in [-0.1, -0.05) is 27.7 Å². The fraction of sp³-hybridized carbons (Fsp3) is 0.375. The van der Waals surface area contributed by atoms with Gasteiger partial charge in [-0.15, -0.1) is 0 Å². The summed E-state index contributed by atoms with van der Waals surface area (Å²) in [5.74, 6) is -0.191. The van der Waals surface area contributed by atoms with Gasteiger partial charge in [0.15, 0.2) is 0 Å². The average molecular weight is 408 g/mol. The summed E-state index contributed by atoms with van der Waals surface area (Å²) in [5.41, 5.74) is 5.30. The van der Waals surface area contributed by atoms with Crippen molar-refractivity contribution in [2.75, 3.05) is 0 Å². The number of hydrogen-bond acceptors (Lipinski definition) is 4. The molecule has 3 aromatic rings. The molecule has 2 aromatic carbocycles. The molecule has 0 aliphatic carbocycles. The van der Waals surface area contributed by atoms with E-state index in [1.54, 1.807) is 12.1 Å². The zero-order chi connectivity index (χ0) is 21.7. The summed E-state index contributed by atoms with van der Waals surface area (Å²) in [5, 5.41) is 34.6. The zero-order valence-corrected chi connectivity index (χ0v) is 17.7. The Balaban J connectivity index is 1.95. The Labute approximate surface area is 175 Å². The van der Waals surface area contributed by atoms with Crippen molar-refractivity contribution in [1.29, 1.82) is 0 Å². The van der Waals surface area contributed by atoms with Crippen molar-refractivity contribution in [2.24, 2.45) is 0 Å². The second-order valence-corrected chi connectivity index (χ2v) is 8.80. The highest BCUT2D eigenvalue weighted by molar-refractivity contribution is 5.88. The van der Waals surface area contributed by atoms with E-state index in [4.69, 9.17) is 0 Å². The second-order valence-electron chi connectivity index (χ2n) is 8.80. The molecule has 1 aliphatic rings. The van der Waals surface area contributed by atoms with Gasteiger partial charge in [-0.2, -0.15) is 0 Å². The third-order valence-electron chi connectivity index (χ3n) is 6.05. The molecule has 0 saturated heterocycles. The molecule has 1 aliphatic heterocycles. The lowest BCUT2D eigenvalue weighted by atomic mass is 9.85. The van der Waals surface area contributed by atoms with E-state index < -0.39 is 12.0 Å². The molecule has 1 aromatic heterocycles. The summed E-state index contributed by atoms with van der Waals surface area (Å²) in [7, 11) is 0. The fourth-order valence-corrected chi connectivity index (χ4v) is 4.44. The molecule has 0 radical (unpaired) electrons. The molecule has 30 heavy (non-hydrogen) atoms. The Morgan fingerprint density at radius 2 is 1.67 bits per heavy atom. The van der Waals surface area contributed by atoms with Gasteiger partial charge in [-0.3, -0.25) is 10.1 Å². The van der Waals surface area contributed by atoms with Crippen LogP contribution < -0.4 is 5.32 Å². The first-order valence-corrected chi connectivity index (χ1v) is 10.4. The predicted molar refractivity (Wildman–Crippen MR) is 116 cm³/mol. The lowest BCUT2D eigenvalue weighted by Crippen LogP contribution is -2.45. The summed E-state index contributed by atoms with van der Waals surface area (Å²) in [6.45, 7) is 8.14. The average Bonchev–Trinajstić information content (AvgIpc) is 3.04. The number of phenols is 2. The standard InChI is InChI=1S/C24H28N2O4/c1-11(2)15-7-13(8-16(12(3)4)23(15)28)21-22-18(10-20(26-21)24(29)30)17-9-14(27)5-6-19(17)25-22/h5-9,11-12,20-21,25-28H,10H2,1-4H3,(H,29,30)/t20-,21-/m0/s1. The van der Waals surface area contributed by atoms with Crippen molar-refractivity contribution in [3.63, 3.8) is 0 Å². The fourth-order valence-electron chi connectivity index (χ4n) is 4.44. The van der Waals surface area contributed by atoms with Crippen LogP contribution in [0.1, 0.15) is 73.5 Å². The number of aromatic amines is 1. The van der Waals surface area contributed by atoms with Gasteiger partial charge >= 0.3 is 5.97 Å². The molecule has 0 bridgehead atoms. The molecule has 0 unspecified atom stereocenters. The van der Waals surface area contributed by atoms with E-state index in [2.05, 4.69) is 10.3 Å². The Hall–Kier alpha value is -2.99. The van der Waals surface area contributed by atoms with Crippen LogP contribution in [0.3, 0.4) is 0 Å². The van der Waals surface area contributed by atoms with Crippen molar-refractivity contribution in [1.82, 2.24) is 10.3 Å². The Morgan fingerprint density at radius 3 is 2.23 bits per heavy atom. The topological polar surface area (TPSA) is 106 Å². The number of carbonyl (C=O) groups is 1. The van der Waals surface area contributed by atoms with Crippen LogP contribution in [-0.2, 0) is 11.2 Å². The van der Waals surface area contributed by atoms with E-state index in [0.29, 0.717) is 12.2 Å². The summed E-state index contributed by atoms with van der Waals surface area (Å²) >= 11 is 0. The van der Waals surface area contributed by atoms with Crippen molar-refractivity contribution in [2.45, 2.75) is 58.0 Å². The maximum Gasteiger partial charge on any atom is 0.321 e. The van der Waals surface area contributed by atoms with Crippen molar-refractivity contribution < 1.29 is 20.1 Å². The number of benzene rings is 2. The molecule has 6 heteroatoms. The number of aromatic nitrogens is 1. The first-order chi connectivity index (χ1) is 14.2.